The Labute approximate surface area is 177 Å². The van der Waals surface area contributed by atoms with Crippen LogP contribution >= 0.6 is 0 Å². The molecule has 0 aliphatic carbocycles. The lowest BCUT2D eigenvalue weighted by atomic mass is 10.1. The summed E-state index contributed by atoms with van der Waals surface area (Å²) in [5.74, 6) is -1.45. The van der Waals surface area contributed by atoms with Gasteiger partial charge in [0.15, 0.2) is 0 Å². The van der Waals surface area contributed by atoms with Crippen molar-refractivity contribution in [1.29, 1.82) is 0 Å². The normalized spacial score (nSPS) is 13.8. The zero-order valence-corrected chi connectivity index (χ0v) is 16.4. The fourth-order valence-corrected chi connectivity index (χ4v) is 3.42. The number of hydrogen-bond acceptors (Lipinski definition) is 4. The monoisotopic (exact) mass is 418 g/mol. The average molecular weight is 418 g/mol. The molecule has 0 fully saturated rings. The molecule has 3 aromatic carbocycles. The summed E-state index contributed by atoms with van der Waals surface area (Å²) in [6, 6.07) is 18.6. The third-order valence-corrected chi connectivity index (χ3v) is 5.15. The Bertz CT molecular complexity index is 1110. The smallest absolute Gasteiger partial charge is 0.261 e. The summed E-state index contributed by atoms with van der Waals surface area (Å²) in [5, 5.41) is 12.8. The van der Waals surface area contributed by atoms with Gasteiger partial charge in [0, 0.05) is 12.1 Å². The fraction of sp³-hybridized carbons (Fsp3) is 0.125. The molecule has 1 atom stereocenters. The number of nitrogens with one attached hydrogen (secondary N) is 1. The number of carbonyl (C=O) groups excluding carboxylic acids is 3. The molecule has 1 heterocycles. The van der Waals surface area contributed by atoms with Gasteiger partial charge in [0.2, 0.25) is 0 Å². The quantitative estimate of drug-likeness (QED) is 0.603. The van der Waals surface area contributed by atoms with Crippen LogP contribution in [0.25, 0.3) is 0 Å². The number of carbonyl (C=O) groups is 3. The molecule has 6 nitrogen and oxygen atoms in total. The molecule has 1 aliphatic heterocycles. The third kappa shape index (κ3) is 4.22. The molecule has 0 aromatic heterocycles. The summed E-state index contributed by atoms with van der Waals surface area (Å²) in [6.07, 6.45) is -0.961. The highest BCUT2D eigenvalue weighted by atomic mass is 19.1. The van der Waals surface area contributed by atoms with Crippen LogP contribution in [0.3, 0.4) is 0 Å². The number of benzene rings is 3. The van der Waals surface area contributed by atoms with Crippen molar-refractivity contribution in [3.8, 4) is 0 Å². The summed E-state index contributed by atoms with van der Waals surface area (Å²) in [4.78, 5) is 38.5. The Morgan fingerprint density at radius 3 is 2.06 bits per heavy atom. The van der Waals surface area contributed by atoms with Gasteiger partial charge in [0.25, 0.3) is 17.7 Å². The highest BCUT2D eigenvalue weighted by Gasteiger charge is 2.34. The highest BCUT2D eigenvalue weighted by Crippen LogP contribution is 2.24. The maximum Gasteiger partial charge on any atom is 0.261 e. The lowest BCUT2D eigenvalue weighted by molar-refractivity contribution is 0.0641. The first-order valence-corrected chi connectivity index (χ1v) is 9.70. The van der Waals surface area contributed by atoms with E-state index in [0.717, 1.165) is 0 Å². The third-order valence-electron chi connectivity index (χ3n) is 5.15. The van der Waals surface area contributed by atoms with E-state index >= 15 is 0 Å². The molecule has 0 saturated carbocycles. The maximum absolute atomic E-state index is 13.0. The molecule has 31 heavy (non-hydrogen) atoms. The number of imide groups is 1. The van der Waals surface area contributed by atoms with Gasteiger partial charge in [-0.3, -0.25) is 19.3 Å². The maximum atomic E-state index is 13.0. The summed E-state index contributed by atoms with van der Waals surface area (Å²) in [5.41, 5.74) is 2.36. The molecule has 1 aliphatic rings. The van der Waals surface area contributed by atoms with Crippen molar-refractivity contribution in [2.45, 2.75) is 12.6 Å². The molecule has 0 bridgehead atoms. The van der Waals surface area contributed by atoms with E-state index in [1.165, 1.54) is 29.2 Å². The molecule has 7 heteroatoms. The van der Waals surface area contributed by atoms with E-state index in [9.17, 15) is 23.9 Å². The van der Waals surface area contributed by atoms with Gasteiger partial charge in [-0.2, -0.15) is 0 Å². The van der Waals surface area contributed by atoms with Crippen molar-refractivity contribution in [2.75, 3.05) is 6.54 Å². The minimum Gasteiger partial charge on any atom is -0.387 e. The zero-order valence-electron chi connectivity index (χ0n) is 16.4. The van der Waals surface area contributed by atoms with Gasteiger partial charge < -0.3 is 10.4 Å². The van der Waals surface area contributed by atoms with Crippen molar-refractivity contribution in [2.24, 2.45) is 0 Å². The second-order valence-corrected chi connectivity index (χ2v) is 7.22. The van der Waals surface area contributed by atoms with Crippen LogP contribution in [0.1, 0.15) is 48.3 Å². The minimum atomic E-state index is -0.961. The van der Waals surface area contributed by atoms with Crippen molar-refractivity contribution in [3.05, 3.63) is 106 Å². The summed E-state index contributed by atoms with van der Waals surface area (Å²) < 4.78 is 13.0. The summed E-state index contributed by atoms with van der Waals surface area (Å²) in [6.45, 7) is 0.0821. The van der Waals surface area contributed by atoms with Gasteiger partial charge in [-0.1, -0.05) is 36.4 Å². The molecular formula is C24H19FN2O4. The van der Waals surface area contributed by atoms with Gasteiger partial charge >= 0.3 is 0 Å². The average Bonchev–Trinajstić information content (AvgIpc) is 3.03. The zero-order chi connectivity index (χ0) is 22.0. The lowest BCUT2D eigenvalue weighted by Crippen LogP contribution is -2.29. The van der Waals surface area contributed by atoms with Crippen LogP contribution in [0.5, 0.6) is 0 Å². The van der Waals surface area contributed by atoms with E-state index in [-0.39, 0.29) is 30.8 Å². The number of halogens is 1. The highest BCUT2D eigenvalue weighted by molar-refractivity contribution is 6.21. The number of fused-ring (bicyclic) bond motifs is 1. The number of hydrogen-bond donors (Lipinski definition) is 2. The molecule has 0 unspecified atom stereocenters. The first-order chi connectivity index (χ1) is 14.9. The van der Waals surface area contributed by atoms with Crippen molar-refractivity contribution < 1.29 is 23.9 Å². The van der Waals surface area contributed by atoms with E-state index in [4.69, 9.17) is 0 Å². The topological polar surface area (TPSA) is 86.7 Å². The van der Waals surface area contributed by atoms with Crippen molar-refractivity contribution in [1.82, 2.24) is 10.2 Å². The Morgan fingerprint density at radius 1 is 0.903 bits per heavy atom. The van der Waals surface area contributed by atoms with E-state index in [1.54, 1.807) is 48.5 Å². The standard InChI is InChI=1S/C24H19FN2O4/c25-18-11-9-16(10-12-18)21(28)13-26-22(29)17-7-5-15(6-8-17)14-27-23(30)19-3-1-2-4-20(19)24(27)31/h1-12,21,28H,13-14H2,(H,26,29)/t21-/m1/s1. The molecule has 0 saturated heterocycles. The van der Waals surface area contributed by atoms with E-state index < -0.39 is 11.9 Å². The summed E-state index contributed by atoms with van der Waals surface area (Å²) >= 11 is 0. The molecule has 0 spiro atoms. The van der Waals surface area contributed by atoms with Crippen LogP contribution in [0, 0.1) is 5.82 Å². The second kappa shape index (κ2) is 8.49. The Morgan fingerprint density at radius 2 is 1.48 bits per heavy atom. The van der Waals surface area contributed by atoms with Crippen LogP contribution in [0.2, 0.25) is 0 Å². The van der Waals surface area contributed by atoms with Gasteiger partial charge in [-0.15, -0.1) is 0 Å². The number of nitrogens with zero attached hydrogens (tertiary/aromatic N) is 1. The second-order valence-electron chi connectivity index (χ2n) is 7.22. The first kappa shape index (κ1) is 20.4. The Kier molecular flexibility index (Phi) is 5.60. The predicted octanol–water partition coefficient (Wildman–Crippen LogP) is 3.09. The molecule has 4 rings (SSSR count). The molecule has 3 amide bonds. The number of aliphatic hydroxyl groups excluding tert-OH is 1. The van der Waals surface area contributed by atoms with Gasteiger partial charge in [0.1, 0.15) is 5.82 Å². The van der Waals surface area contributed by atoms with E-state index in [0.29, 0.717) is 27.8 Å². The number of rotatable bonds is 6. The molecule has 0 radical (unpaired) electrons. The van der Waals surface area contributed by atoms with Crippen molar-refractivity contribution >= 4 is 17.7 Å². The first-order valence-electron chi connectivity index (χ1n) is 9.70. The van der Waals surface area contributed by atoms with Gasteiger partial charge in [0.05, 0.1) is 23.8 Å². The Hall–Kier alpha value is -3.84. The van der Waals surface area contributed by atoms with E-state index in [2.05, 4.69) is 5.32 Å². The van der Waals surface area contributed by atoms with Crippen molar-refractivity contribution in [3.63, 3.8) is 0 Å². The number of aliphatic hydroxyl groups is 1. The van der Waals surface area contributed by atoms with Crippen LogP contribution in [-0.2, 0) is 6.54 Å². The van der Waals surface area contributed by atoms with Gasteiger partial charge in [-0.05, 0) is 47.5 Å². The predicted molar refractivity (Wildman–Crippen MR) is 111 cm³/mol. The van der Waals surface area contributed by atoms with Gasteiger partial charge in [-0.25, -0.2) is 4.39 Å². The number of amides is 3. The lowest BCUT2D eigenvalue weighted by Gasteiger charge is -2.15. The molecular weight excluding hydrogens is 399 g/mol. The fourth-order valence-electron chi connectivity index (χ4n) is 3.42. The molecule has 2 N–H and O–H groups in total. The Balaban J connectivity index is 1.36. The minimum absolute atomic E-state index is 0.0265. The molecule has 3 aromatic rings. The van der Waals surface area contributed by atoms with Crippen LogP contribution in [0.4, 0.5) is 4.39 Å². The van der Waals surface area contributed by atoms with Crippen LogP contribution < -0.4 is 5.32 Å². The molecule has 156 valence electrons. The SMILES string of the molecule is O=C(NC[C@@H](O)c1ccc(F)cc1)c1ccc(CN2C(=O)c3ccccc3C2=O)cc1. The van der Waals surface area contributed by atoms with Crippen LogP contribution in [-0.4, -0.2) is 34.3 Å². The van der Waals surface area contributed by atoms with Crippen LogP contribution in [0.15, 0.2) is 72.8 Å². The summed E-state index contributed by atoms with van der Waals surface area (Å²) in [7, 11) is 0. The largest absolute Gasteiger partial charge is 0.387 e. The van der Waals surface area contributed by atoms with E-state index in [1.807, 2.05) is 0 Å².